The van der Waals surface area contributed by atoms with Crippen molar-refractivity contribution in [2.24, 2.45) is 5.73 Å². The number of benzene rings is 1. The molecule has 0 saturated carbocycles. The number of ether oxygens (including phenoxy) is 1. The van der Waals surface area contributed by atoms with Crippen LogP contribution in [0.3, 0.4) is 0 Å². The van der Waals surface area contributed by atoms with E-state index in [4.69, 9.17) is 27.1 Å². The van der Waals surface area contributed by atoms with Gasteiger partial charge in [-0.2, -0.15) is 0 Å². The summed E-state index contributed by atoms with van der Waals surface area (Å²) in [5.74, 6) is -1.18. The molecule has 1 aromatic carbocycles. The first-order valence-electron chi connectivity index (χ1n) is 11.3. The highest BCUT2D eigenvalue weighted by molar-refractivity contribution is 6.32. The normalized spacial score (nSPS) is 22.2. The second-order valence-corrected chi connectivity index (χ2v) is 9.58. The van der Waals surface area contributed by atoms with Crippen molar-refractivity contribution in [1.29, 1.82) is 0 Å². The zero-order valence-electron chi connectivity index (χ0n) is 18.4. The number of esters is 1. The van der Waals surface area contributed by atoms with Crippen molar-refractivity contribution in [3.63, 3.8) is 0 Å². The smallest absolute Gasteiger partial charge is 0.324 e. The van der Waals surface area contributed by atoms with Gasteiger partial charge in [-0.1, -0.05) is 18.5 Å². The summed E-state index contributed by atoms with van der Waals surface area (Å²) >= 11 is 6.33. The van der Waals surface area contributed by atoms with E-state index in [0.717, 1.165) is 22.1 Å². The van der Waals surface area contributed by atoms with Gasteiger partial charge in [-0.25, -0.2) is 9.37 Å². The average molecular weight is 482 g/mol. The van der Waals surface area contributed by atoms with Crippen LogP contribution in [0.1, 0.15) is 53.5 Å². The number of cyclic esters (lactones) is 1. The molecular formula is C25H21ClFN3O4. The summed E-state index contributed by atoms with van der Waals surface area (Å²) in [5.41, 5.74) is 8.97. The molecule has 0 bridgehead atoms. The predicted molar refractivity (Wildman–Crippen MR) is 123 cm³/mol. The lowest BCUT2D eigenvalue weighted by Gasteiger charge is -2.31. The second-order valence-electron chi connectivity index (χ2n) is 9.20. The van der Waals surface area contributed by atoms with E-state index in [1.54, 1.807) is 17.6 Å². The molecule has 0 fully saturated rings. The van der Waals surface area contributed by atoms with Crippen LogP contribution in [0.5, 0.6) is 0 Å². The number of carbonyl (C=O) groups is 2. The molecule has 9 heteroatoms. The van der Waals surface area contributed by atoms with Gasteiger partial charge in [-0.05, 0) is 54.5 Å². The molecule has 174 valence electrons. The number of hydrogen-bond donors (Lipinski definition) is 1. The standard InChI is InChI=1S/C25H21ClFN3O4/c1-2-25(10-31)15-5-18-22-13(8-30(18)23(32)14(15)9-34-24(25)33)19-11(7-28)3-4-12-20(19)17(29-22)6-16(27)21(12)26/h5-6,10-11H,2-4,7-9,28H2,1H3/t11?,25-/m0/s1. The van der Waals surface area contributed by atoms with E-state index in [0.29, 0.717) is 53.7 Å². The van der Waals surface area contributed by atoms with Crippen molar-refractivity contribution in [2.75, 3.05) is 6.54 Å². The Hall–Kier alpha value is -3.10. The van der Waals surface area contributed by atoms with Crippen LogP contribution >= 0.6 is 11.6 Å². The SMILES string of the molecule is CC[C@@]1(C=O)C(=O)OCc2c1cc1n(c2=O)Cc2c-1nc1cc(F)c(Cl)c3c1c2C(CN)CC3. The van der Waals surface area contributed by atoms with Crippen LogP contribution < -0.4 is 11.3 Å². The molecule has 0 amide bonds. The number of rotatable bonds is 3. The Kier molecular flexibility index (Phi) is 4.54. The number of pyridine rings is 2. The number of nitrogens with zero attached hydrogens (tertiary/aromatic N) is 2. The summed E-state index contributed by atoms with van der Waals surface area (Å²) in [5, 5.41) is 0.912. The largest absolute Gasteiger partial charge is 0.460 e. The summed E-state index contributed by atoms with van der Waals surface area (Å²) in [4.78, 5) is 43.1. The highest BCUT2D eigenvalue weighted by Gasteiger charge is 2.47. The van der Waals surface area contributed by atoms with Gasteiger partial charge in [0.2, 0.25) is 0 Å². The Morgan fingerprint density at radius 2 is 2.12 bits per heavy atom. The fourth-order valence-electron chi connectivity index (χ4n) is 5.92. The Morgan fingerprint density at radius 1 is 1.32 bits per heavy atom. The lowest BCUT2D eigenvalue weighted by molar-refractivity contribution is -0.155. The second kappa shape index (κ2) is 7.20. The number of aryl methyl sites for hydroxylation is 1. The highest BCUT2D eigenvalue weighted by Crippen LogP contribution is 2.47. The molecule has 1 aliphatic carbocycles. The average Bonchev–Trinajstić information content (AvgIpc) is 3.21. The van der Waals surface area contributed by atoms with Gasteiger partial charge < -0.3 is 19.8 Å². The molecule has 7 nitrogen and oxygen atoms in total. The Balaban J connectivity index is 1.71. The van der Waals surface area contributed by atoms with Crippen molar-refractivity contribution in [1.82, 2.24) is 9.55 Å². The molecule has 34 heavy (non-hydrogen) atoms. The first kappa shape index (κ1) is 21.4. The number of fused-ring (bicyclic) bond motifs is 5. The molecule has 4 heterocycles. The van der Waals surface area contributed by atoms with Crippen molar-refractivity contribution in [2.45, 2.75) is 50.7 Å². The molecule has 0 radical (unpaired) electrons. The van der Waals surface area contributed by atoms with Crippen molar-refractivity contribution < 1.29 is 18.7 Å². The molecule has 3 aromatic rings. The van der Waals surface area contributed by atoms with Crippen molar-refractivity contribution in [3.8, 4) is 11.4 Å². The molecule has 1 unspecified atom stereocenters. The number of nitrogens with two attached hydrogens (primary N) is 1. The summed E-state index contributed by atoms with van der Waals surface area (Å²) in [6, 6.07) is 3.03. The highest BCUT2D eigenvalue weighted by atomic mass is 35.5. The Morgan fingerprint density at radius 3 is 2.82 bits per heavy atom. The minimum Gasteiger partial charge on any atom is -0.460 e. The van der Waals surface area contributed by atoms with Gasteiger partial charge in [0, 0.05) is 17.0 Å². The van der Waals surface area contributed by atoms with Crippen molar-refractivity contribution >= 4 is 34.8 Å². The van der Waals surface area contributed by atoms with Gasteiger partial charge in [0.1, 0.15) is 24.1 Å². The van der Waals surface area contributed by atoms with E-state index in [9.17, 15) is 18.8 Å². The fraction of sp³-hybridized carbons (Fsp3) is 0.360. The molecule has 6 rings (SSSR count). The van der Waals surface area contributed by atoms with E-state index in [2.05, 4.69) is 0 Å². The van der Waals surface area contributed by atoms with Gasteiger partial charge in [0.05, 0.1) is 34.0 Å². The van der Waals surface area contributed by atoms with Crippen LogP contribution in [-0.2, 0) is 39.3 Å². The third kappa shape index (κ3) is 2.50. The van der Waals surface area contributed by atoms with Gasteiger partial charge in [-0.15, -0.1) is 0 Å². The molecule has 2 atom stereocenters. The first-order chi connectivity index (χ1) is 16.4. The third-order valence-corrected chi connectivity index (χ3v) is 8.16. The lowest BCUT2D eigenvalue weighted by atomic mass is 9.76. The van der Waals surface area contributed by atoms with E-state index in [-0.39, 0.29) is 36.1 Å². The van der Waals surface area contributed by atoms with Crippen LogP contribution in [0.2, 0.25) is 5.02 Å². The number of halogens is 2. The third-order valence-electron chi connectivity index (χ3n) is 7.75. The zero-order valence-corrected chi connectivity index (χ0v) is 19.2. The first-order valence-corrected chi connectivity index (χ1v) is 11.7. The van der Waals surface area contributed by atoms with Gasteiger partial charge in [0.15, 0.2) is 0 Å². The van der Waals surface area contributed by atoms with E-state index < -0.39 is 17.2 Å². The monoisotopic (exact) mass is 481 g/mol. The van der Waals surface area contributed by atoms with E-state index in [1.807, 2.05) is 0 Å². The maximum atomic E-state index is 14.7. The number of hydrogen-bond acceptors (Lipinski definition) is 6. The maximum Gasteiger partial charge on any atom is 0.324 e. The number of carbonyl (C=O) groups excluding carboxylic acids is 2. The summed E-state index contributed by atoms with van der Waals surface area (Å²) < 4.78 is 21.5. The number of aromatic nitrogens is 2. The quantitative estimate of drug-likeness (QED) is 0.274. The molecule has 3 aliphatic rings. The van der Waals surface area contributed by atoms with E-state index >= 15 is 0 Å². The van der Waals surface area contributed by atoms with Gasteiger partial charge >= 0.3 is 5.97 Å². The molecule has 2 N–H and O–H groups in total. The van der Waals surface area contributed by atoms with Gasteiger partial charge in [0.25, 0.3) is 5.56 Å². The van der Waals surface area contributed by atoms with Gasteiger partial charge in [-0.3, -0.25) is 9.59 Å². The minimum absolute atomic E-state index is 0.0162. The zero-order chi connectivity index (χ0) is 23.9. The van der Waals surface area contributed by atoms with Crippen LogP contribution in [0.25, 0.3) is 22.3 Å². The number of aldehydes is 1. The topological polar surface area (TPSA) is 104 Å². The van der Waals surface area contributed by atoms with Crippen molar-refractivity contribution in [3.05, 3.63) is 61.1 Å². The molecule has 0 saturated heterocycles. The maximum absolute atomic E-state index is 14.7. The molecule has 2 aliphatic heterocycles. The summed E-state index contributed by atoms with van der Waals surface area (Å²) in [7, 11) is 0. The molecule has 2 aromatic heterocycles. The van der Waals surface area contributed by atoms with Crippen LogP contribution in [-0.4, -0.2) is 28.4 Å². The van der Waals surface area contributed by atoms with Crippen LogP contribution in [0.4, 0.5) is 4.39 Å². The molecular weight excluding hydrogens is 461 g/mol. The summed E-state index contributed by atoms with van der Waals surface area (Å²) in [6.07, 6.45) is 2.04. The van der Waals surface area contributed by atoms with Crippen LogP contribution in [0, 0.1) is 5.82 Å². The minimum atomic E-state index is -1.54. The predicted octanol–water partition coefficient (Wildman–Crippen LogP) is 3.11. The summed E-state index contributed by atoms with van der Waals surface area (Å²) in [6.45, 7) is 2.19. The lowest BCUT2D eigenvalue weighted by Crippen LogP contribution is -2.45. The Bertz CT molecular complexity index is 1510. The Labute approximate surface area is 198 Å². The fourth-order valence-corrected chi connectivity index (χ4v) is 6.16. The van der Waals surface area contributed by atoms with Crippen LogP contribution in [0.15, 0.2) is 16.9 Å². The van der Waals surface area contributed by atoms with E-state index in [1.165, 1.54) is 6.07 Å². The molecule has 0 spiro atoms.